The molecule has 0 atom stereocenters. The number of para-hydroxylation sites is 1. The molecule has 1 heterocycles. The van der Waals surface area contributed by atoms with Gasteiger partial charge in [-0.2, -0.15) is 0 Å². The zero-order chi connectivity index (χ0) is 25.3. The molecule has 1 N–H and O–H groups in total. The lowest BCUT2D eigenvalue weighted by atomic mass is 10.1. The van der Waals surface area contributed by atoms with Gasteiger partial charge in [-0.15, -0.1) is 0 Å². The Bertz CT molecular complexity index is 1280. The summed E-state index contributed by atoms with van der Waals surface area (Å²) in [6, 6.07) is 26.0. The maximum absolute atomic E-state index is 13.6. The molecule has 4 rings (SSSR count). The molecule has 0 aliphatic heterocycles. The van der Waals surface area contributed by atoms with Crippen LogP contribution in [0.4, 0.5) is 0 Å². The zero-order valence-electron chi connectivity index (χ0n) is 21.2. The fourth-order valence-corrected chi connectivity index (χ4v) is 4.54. The molecule has 186 valence electrons. The van der Waals surface area contributed by atoms with Gasteiger partial charge in [-0.25, -0.2) is 0 Å². The van der Waals surface area contributed by atoms with E-state index in [0.717, 1.165) is 30.3 Å². The standard InChI is InChI=1S/C31H35N3O2/c1-3-19-34(31(36)26-16-14-24(4-2)15-17-26)23-30(35)33(22-25-10-6-5-7-11-25)20-18-27-21-32-29-13-9-8-12-28(27)29/h5-17,21,32H,3-4,18-20,22-23H2,1-2H3. The number of H-pyrrole nitrogens is 1. The summed E-state index contributed by atoms with van der Waals surface area (Å²) in [6.45, 7) is 5.83. The van der Waals surface area contributed by atoms with Crippen molar-refractivity contribution in [1.82, 2.24) is 14.8 Å². The van der Waals surface area contributed by atoms with E-state index in [1.54, 1.807) is 4.90 Å². The maximum Gasteiger partial charge on any atom is 0.254 e. The Balaban J connectivity index is 1.51. The van der Waals surface area contributed by atoms with Gasteiger partial charge in [0.25, 0.3) is 5.91 Å². The van der Waals surface area contributed by atoms with Crippen molar-refractivity contribution in [2.75, 3.05) is 19.6 Å². The molecule has 0 unspecified atom stereocenters. The van der Waals surface area contributed by atoms with Gasteiger partial charge in [0.05, 0.1) is 0 Å². The van der Waals surface area contributed by atoms with Crippen LogP contribution in [0.2, 0.25) is 0 Å². The van der Waals surface area contributed by atoms with Crippen LogP contribution in [0.25, 0.3) is 10.9 Å². The van der Waals surface area contributed by atoms with Crippen LogP contribution in [-0.2, 0) is 24.2 Å². The van der Waals surface area contributed by atoms with Crippen molar-refractivity contribution in [2.45, 2.75) is 39.7 Å². The van der Waals surface area contributed by atoms with E-state index in [0.29, 0.717) is 25.2 Å². The van der Waals surface area contributed by atoms with Gasteiger partial charge < -0.3 is 14.8 Å². The van der Waals surface area contributed by atoms with Crippen LogP contribution in [0, 0.1) is 0 Å². The molecule has 5 nitrogen and oxygen atoms in total. The normalized spacial score (nSPS) is 10.9. The quantitative estimate of drug-likeness (QED) is 0.292. The van der Waals surface area contributed by atoms with Crippen molar-refractivity contribution in [3.05, 3.63) is 107 Å². The SMILES string of the molecule is CCCN(CC(=O)N(CCc1c[nH]c2ccccc12)Cc1ccccc1)C(=O)c1ccc(CC)cc1. The molecule has 2 amide bonds. The minimum absolute atomic E-state index is 0.0364. The second-order valence-corrected chi connectivity index (χ2v) is 9.19. The van der Waals surface area contributed by atoms with Gasteiger partial charge in [-0.1, -0.05) is 74.5 Å². The van der Waals surface area contributed by atoms with E-state index in [1.165, 1.54) is 16.5 Å². The highest BCUT2D eigenvalue weighted by atomic mass is 16.2. The first-order valence-electron chi connectivity index (χ1n) is 12.8. The molecule has 0 bridgehead atoms. The van der Waals surface area contributed by atoms with Crippen LogP contribution in [0.1, 0.15) is 47.3 Å². The lowest BCUT2D eigenvalue weighted by Crippen LogP contribution is -2.43. The van der Waals surface area contributed by atoms with Crippen LogP contribution in [0.3, 0.4) is 0 Å². The number of aromatic nitrogens is 1. The molecular weight excluding hydrogens is 446 g/mol. The molecule has 5 heteroatoms. The van der Waals surface area contributed by atoms with Crippen molar-refractivity contribution in [1.29, 1.82) is 0 Å². The number of aryl methyl sites for hydroxylation is 1. The minimum Gasteiger partial charge on any atom is -0.361 e. The van der Waals surface area contributed by atoms with E-state index in [1.807, 2.05) is 84.8 Å². The number of carbonyl (C=O) groups excluding carboxylic acids is 2. The summed E-state index contributed by atoms with van der Waals surface area (Å²) in [5, 5.41) is 1.18. The number of rotatable bonds is 11. The summed E-state index contributed by atoms with van der Waals surface area (Å²) < 4.78 is 0. The summed E-state index contributed by atoms with van der Waals surface area (Å²) in [6.07, 6.45) is 4.49. The first-order valence-corrected chi connectivity index (χ1v) is 12.8. The predicted molar refractivity (Wildman–Crippen MR) is 146 cm³/mol. The van der Waals surface area contributed by atoms with Crippen molar-refractivity contribution in [3.8, 4) is 0 Å². The fourth-order valence-electron chi connectivity index (χ4n) is 4.54. The average Bonchev–Trinajstić information content (AvgIpc) is 3.34. The molecular formula is C31H35N3O2. The van der Waals surface area contributed by atoms with Gasteiger partial charge in [0, 0.05) is 42.3 Å². The number of carbonyl (C=O) groups is 2. The molecule has 1 aromatic heterocycles. The van der Waals surface area contributed by atoms with Gasteiger partial charge >= 0.3 is 0 Å². The first-order chi connectivity index (χ1) is 17.6. The Morgan fingerprint density at radius 1 is 0.778 bits per heavy atom. The number of hydrogen-bond donors (Lipinski definition) is 1. The Kier molecular flexibility index (Phi) is 8.56. The van der Waals surface area contributed by atoms with Gasteiger partial charge in [0.2, 0.25) is 5.91 Å². The molecule has 4 aromatic rings. The van der Waals surface area contributed by atoms with E-state index in [9.17, 15) is 9.59 Å². The van der Waals surface area contributed by atoms with E-state index >= 15 is 0 Å². The molecule has 0 aliphatic carbocycles. The molecule has 3 aromatic carbocycles. The van der Waals surface area contributed by atoms with Gasteiger partial charge in [0.15, 0.2) is 0 Å². The number of aromatic amines is 1. The number of benzene rings is 3. The van der Waals surface area contributed by atoms with Crippen LogP contribution in [0.15, 0.2) is 85.1 Å². The second kappa shape index (κ2) is 12.2. The highest BCUT2D eigenvalue weighted by Crippen LogP contribution is 2.19. The third kappa shape index (κ3) is 6.22. The van der Waals surface area contributed by atoms with Crippen LogP contribution >= 0.6 is 0 Å². The number of nitrogens with one attached hydrogen (secondary N) is 1. The number of nitrogens with zero attached hydrogens (tertiary/aromatic N) is 2. The molecule has 0 aliphatic rings. The fraction of sp³-hybridized carbons (Fsp3) is 0.290. The average molecular weight is 482 g/mol. The van der Waals surface area contributed by atoms with Crippen molar-refractivity contribution >= 4 is 22.7 Å². The van der Waals surface area contributed by atoms with Crippen molar-refractivity contribution < 1.29 is 9.59 Å². The third-order valence-electron chi connectivity index (χ3n) is 6.61. The summed E-state index contributed by atoms with van der Waals surface area (Å²) in [5.41, 5.74) is 5.18. The van der Waals surface area contributed by atoms with Crippen molar-refractivity contribution in [2.24, 2.45) is 0 Å². The minimum atomic E-state index is -0.0934. The Morgan fingerprint density at radius 3 is 2.22 bits per heavy atom. The summed E-state index contributed by atoms with van der Waals surface area (Å²) in [7, 11) is 0. The first kappa shape index (κ1) is 25.2. The monoisotopic (exact) mass is 481 g/mol. The Hall–Kier alpha value is -3.86. The number of fused-ring (bicyclic) bond motifs is 1. The van der Waals surface area contributed by atoms with Crippen LogP contribution in [-0.4, -0.2) is 46.2 Å². The van der Waals surface area contributed by atoms with E-state index in [4.69, 9.17) is 0 Å². The zero-order valence-corrected chi connectivity index (χ0v) is 21.2. The Labute approximate surface area is 213 Å². The maximum atomic E-state index is 13.6. The lowest BCUT2D eigenvalue weighted by Gasteiger charge is -2.28. The molecule has 36 heavy (non-hydrogen) atoms. The summed E-state index contributed by atoms with van der Waals surface area (Å²) in [4.78, 5) is 33.8. The smallest absolute Gasteiger partial charge is 0.254 e. The predicted octanol–water partition coefficient (Wildman–Crippen LogP) is 5.85. The van der Waals surface area contributed by atoms with E-state index in [-0.39, 0.29) is 18.4 Å². The highest BCUT2D eigenvalue weighted by molar-refractivity contribution is 5.96. The number of amides is 2. The highest BCUT2D eigenvalue weighted by Gasteiger charge is 2.22. The summed E-state index contributed by atoms with van der Waals surface area (Å²) in [5.74, 6) is -0.130. The van der Waals surface area contributed by atoms with Crippen LogP contribution in [0.5, 0.6) is 0 Å². The third-order valence-corrected chi connectivity index (χ3v) is 6.61. The Morgan fingerprint density at radius 2 is 1.50 bits per heavy atom. The number of hydrogen-bond acceptors (Lipinski definition) is 2. The molecule has 0 saturated heterocycles. The molecule has 0 saturated carbocycles. The van der Waals surface area contributed by atoms with Crippen molar-refractivity contribution in [3.63, 3.8) is 0 Å². The topological polar surface area (TPSA) is 56.4 Å². The largest absolute Gasteiger partial charge is 0.361 e. The van der Waals surface area contributed by atoms with E-state index < -0.39 is 0 Å². The summed E-state index contributed by atoms with van der Waals surface area (Å²) >= 11 is 0. The molecule has 0 fully saturated rings. The van der Waals surface area contributed by atoms with Gasteiger partial charge in [0.1, 0.15) is 6.54 Å². The van der Waals surface area contributed by atoms with Gasteiger partial charge in [-0.05, 0) is 54.2 Å². The van der Waals surface area contributed by atoms with Gasteiger partial charge in [-0.3, -0.25) is 9.59 Å². The van der Waals surface area contributed by atoms with Crippen LogP contribution < -0.4 is 0 Å². The lowest BCUT2D eigenvalue weighted by molar-refractivity contribution is -0.132. The van der Waals surface area contributed by atoms with E-state index in [2.05, 4.69) is 24.0 Å². The molecule has 0 spiro atoms. The second-order valence-electron chi connectivity index (χ2n) is 9.19. The molecule has 0 radical (unpaired) electrons.